The van der Waals surface area contributed by atoms with Crippen LogP contribution in [0.2, 0.25) is 0 Å². The normalized spacial score (nSPS) is 12.4. The van der Waals surface area contributed by atoms with Crippen molar-refractivity contribution < 1.29 is 31.8 Å². The second-order valence-electron chi connectivity index (χ2n) is 11.9. The first-order valence-corrected chi connectivity index (χ1v) is 14.5. The maximum atomic E-state index is 14.5. The molecule has 0 radical (unpaired) electrons. The Bertz CT molecular complexity index is 1250. The summed E-state index contributed by atoms with van der Waals surface area (Å²) in [5.74, 6) is -1.18. The molecule has 0 atom stereocenters. The fraction of sp³-hybridized carbons (Fsp3) is 0.613. The number of fused-ring (bicyclic) bond motifs is 1. The lowest BCUT2D eigenvalue weighted by Gasteiger charge is -2.17. The van der Waals surface area contributed by atoms with E-state index >= 15 is 0 Å². The molecule has 0 N–H and O–H groups in total. The van der Waals surface area contributed by atoms with Crippen LogP contribution < -0.4 is 9.47 Å². The molecule has 2 aromatic heterocycles. The van der Waals surface area contributed by atoms with Gasteiger partial charge in [0.15, 0.2) is 17.8 Å². The van der Waals surface area contributed by atoms with Crippen LogP contribution in [0.3, 0.4) is 0 Å². The molecule has 228 valence electrons. The van der Waals surface area contributed by atoms with Crippen LogP contribution in [0.15, 0.2) is 30.6 Å². The number of alkyl halides is 3. The summed E-state index contributed by atoms with van der Waals surface area (Å²) in [4.78, 5) is 0. The number of rotatable bonds is 16. The van der Waals surface area contributed by atoms with Gasteiger partial charge in [-0.2, -0.15) is 23.0 Å². The molecule has 0 amide bonds. The molecule has 41 heavy (non-hydrogen) atoms. The SMILES string of the molecule is COc1cc(CC(F)(F)F)c(-c2cc3c(cnn3COCCCCCCCCCCCC(C)(C)C)c[n+]2[O-])cc1F. The number of hydrogen-bond acceptors (Lipinski definition) is 4. The maximum Gasteiger partial charge on any atom is 0.393 e. The molecule has 0 saturated carbocycles. The van der Waals surface area contributed by atoms with Gasteiger partial charge >= 0.3 is 6.18 Å². The van der Waals surface area contributed by atoms with Crippen molar-refractivity contribution in [3.05, 3.63) is 47.2 Å². The smallest absolute Gasteiger partial charge is 0.393 e. The molecule has 0 saturated heterocycles. The molecule has 0 spiro atoms. The zero-order valence-corrected chi connectivity index (χ0v) is 24.7. The van der Waals surface area contributed by atoms with Gasteiger partial charge in [0, 0.05) is 12.7 Å². The Balaban J connectivity index is 1.52. The molecule has 2 heterocycles. The minimum atomic E-state index is -4.56. The third-order valence-corrected chi connectivity index (χ3v) is 7.15. The molecular formula is C31H43F4N3O3. The van der Waals surface area contributed by atoms with Crippen LogP contribution in [-0.2, 0) is 17.9 Å². The van der Waals surface area contributed by atoms with E-state index < -0.39 is 18.4 Å². The molecule has 0 unspecified atom stereocenters. The molecular weight excluding hydrogens is 538 g/mol. The van der Waals surface area contributed by atoms with E-state index in [9.17, 15) is 22.8 Å². The number of hydrogen-bond donors (Lipinski definition) is 0. The van der Waals surface area contributed by atoms with Crippen molar-refractivity contribution in [2.24, 2.45) is 5.41 Å². The van der Waals surface area contributed by atoms with Crippen LogP contribution in [-0.4, -0.2) is 29.7 Å². The summed E-state index contributed by atoms with van der Waals surface area (Å²) in [7, 11) is 1.17. The highest BCUT2D eigenvalue weighted by atomic mass is 19.4. The molecule has 6 nitrogen and oxygen atoms in total. The van der Waals surface area contributed by atoms with Gasteiger partial charge in [0.05, 0.1) is 36.2 Å². The molecule has 0 bridgehead atoms. The third-order valence-electron chi connectivity index (χ3n) is 7.15. The second-order valence-corrected chi connectivity index (χ2v) is 11.9. The van der Waals surface area contributed by atoms with Gasteiger partial charge in [-0.25, -0.2) is 9.07 Å². The predicted molar refractivity (Wildman–Crippen MR) is 152 cm³/mol. The van der Waals surface area contributed by atoms with Crippen LogP contribution in [0.1, 0.15) is 90.5 Å². The number of nitrogens with zero attached hydrogens (tertiary/aromatic N) is 3. The van der Waals surface area contributed by atoms with Crippen LogP contribution >= 0.6 is 0 Å². The summed E-state index contributed by atoms with van der Waals surface area (Å²) in [5.41, 5.74) is 0.396. The number of benzene rings is 1. The van der Waals surface area contributed by atoms with E-state index in [2.05, 4.69) is 25.9 Å². The summed E-state index contributed by atoms with van der Waals surface area (Å²) >= 11 is 0. The Morgan fingerprint density at radius 1 is 0.927 bits per heavy atom. The highest BCUT2D eigenvalue weighted by molar-refractivity contribution is 5.81. The third kappa shape index (κ3) is 10.5. The van der Waals surface area contributed by atoms with Gasteiger partial charge in [0.2, 0.25) is 5.69 Å². The minimum Gasteiger partial charge on any atom is -0.618 e. The van der Waals surface area contributed by atoms with Crippen molar-refractivity contribution >= 4 is 10.9 Å². The van der Waals surface area contributed by atoms with Crippen LogP contribution in [0.5, 0.6) is 5.75 Å². The van der Waals surface area contributed by atoms with Gasteiger partial charge in [-0.05, 0) is 36.0 Å². The number of ether oxygens (including phenoxy) is 2. The highest BCUT2D eigenvalue weighted by Crippen LogP contribution is 2.34. The van der Waals surface area contributed by atoms with Gasteiger partial charge in [0.1, 0.15) is 6.73 Å². The number of methoxy groups -OCH3 is 1. The molecule has 0 fully saturated rings. The molecule has 10 heteroatoms. The molecule has 0 aliphatic carbocycles. The maximum absolute atomic E-state index is 14.5. The Kier molecular flexibility index (Phi) is 11.8. The van der Waals surface area contributed by atoms with E-state index in [1.54, 1.807) is 4.68 Å². The Morgan fingerprint density at radius 3 is 2.17 bits per heavy atom. The minimum absolute atomic E-state index is 0.116. The van der Waals surface area contributed by atoms with Gasteiger partial charge in [-0.3, -0.25) is 0 Å². The van der Waals surface area contributed by atoms with Crippen LogP contribution in [0, 0.1) is 16.4 Å². The fourth-order valence-electron chi connectivity index (χ4n) is 4.96. The summed E-state index contributed by atoms with van der Waals surface area (Å²) in [6.45, 7) is 7.56. The van der Waals surface area contributed by atoms with Crippen molar-refractivity contribution in [2.75, 3.05) is 13.7 Å². The van der Waals surface area contributed by atoms with Crippen LogP contribution in [0.25, 0.3) is 22.2 Å². The highest BCUT2D eigenvalue weighted by Gasteiger charge is 2.31. The molecule has 3 aromatic rings. The predicted octanol–water partition coefficient (Wildman–Crippen LogP) is 8.51. The van der Waals surface area contributed by atoms with E-state index in [1.165, 1.54) is 76.9 Å². The molecule has 3 rings (SSSR count). The van der Waals surface area contributed by atoms with E-state index in [0.717, 1.165) is 25.0 Å². The van der Waals surface area contributed by atoms with Crippen molar-refractivity contribution in [1.82, 2.24) is 9.78 Å². The standard InChI is InChI=1S/C31H43F4N3O3/c1-30(2,3)14-12-10-8-6-5-7-9-11-13-15-41-22-37-27-18-28(38(39)21-24(27)20-36-37)25-17-26(32)29(40-4)16-23(25)19-31(33,34)35/h16-18,20-21H,5-15,19,22H2,1-4H3. The van der Waals surface area contributed by atoms with Gasteiger partial charge in [-0.1, -0.05) is 72.1 Å². The Morgan fingerprint density at radius 2 is 1.56 bits per heavy atom. The summed E-state index contributed by atoms with van der Waals surface area (Å²) in [5, 5.41) is 17.5. The second kappa shape index (κ2) is 14.8. The largest absolute Gasteiger partial charge is 0.618 e. The number of unbranched alkanes of at least 4 members (excludes halogenated alkanes) is 8. The van der Waals surface area contributed by atoms with Crippen molar-refractivity contribution in [3.63, 3.8) is 0 Å². The van der Waals surface area contributed by atoms with Gasteiger partial charge in [0.25, 0.3) is 0 Å². The number of pyridine rings is 1. The first-order valence-electron chi connectivity index (χ1n) is 14.5. The van der Waals surface area contributed by atoms with Crippen LogP contribution in [0.4, 0.5) is 17.6 Å². The molecule has 0 aliphatic rings. The summed E-state index contributed by atoms with van der Waals surface area (Å²) in [6, 6.07) is 3.31. The Labute approximate surface area is 240 Å². The topological polar surface area (TPSA) is 63.2 Å². The lowest BCUT2D eigenvalue weighted by Crippen LogP contribution is -2.29. The van der Waals surface area contributed by atoms with E-state index in [-0.39, 0.29) is 29.3 Å². The fourth-order valence-corrected chi connectivity index (χ4v) is 4.96. The quantitative estimate of drug-likeness (QED) is 0.0736. The summed E-state index contributed by atoms with van der Waals surface area (Å²) in [6.07, 6.45) is 8.98. The van der Waals surface area contributed by atoms with Crippen molar-refractivity contribution in [2.45, 2.75) is 104 Å². The zero-order chi connectivity index (χ0) is 30.0. The average molecular weight is 582 g/mol. The van der Waals surface area contributed by atoms with E-state index in [0.29, 0.717) is 27.7 Å². The Hall–Kier alpha value is -2.88. The molecule has 1 aromatic carbocycles. The number of aromatic nitrogens is 3. The first-order chi connectivity index (χ1) is 19.4. The first kappa shape index (κ1) is 32.6. The lowest BCUT2D eigenvalue weighted by atomic mass is 9.89. The monoisotopic (exact) mass is 581 g/mol. The van der Waals surface area contributed by atoms with Crippen molar-refractivity contribution in [3.8, 4) is 17.0 Å². The zero-order valence-electron chi connectivity index (χ0n) is 24.7. The van der Waals surface area contributed by atoms with E-state index in [4.69, 9.17) is 9.47 Å². The number of halogens is 4. The van der Waals surface area contributed by atoms with Gasteiger partial charge < -0.3 is 14.7 Å². The summed E-state index contributed by atoms with van der Waals surface area (Å²) < 4.78 is 66.9. The molecule has 0 aliphatic heterocycles. The van der Waals surface area contributed by atoms with Gasteiger partial charge in [-0.15, -0.1) is 0 Å². The van der Waals surface area contributed by atoms with Crippen molar-refractivity contribution in [1.29, 1.82) is 0 Å². The van der Waals surface area contributed by atoms with E-state index in [1.807, 2.05) is 0 Å². The lowest BCUT2D eigenvalue weighted by molar-refractivity contribution is -0.592. The average Bonchev–Trinajstić information content (AvgIpc) is 3.27.